The van der Waals surface area contributed by atoms with Gasteiger partial charge in [-0.3, -0.25) is 4.79 Å². The van der Waals surface area contributed by atoms with E-state index in [1.54, 1.807) is 12.2 Å². The molecule has 2 fully saturated rings. The summed E-state index contributed by atoms with van der Waals surface area (Å²) < 4.78 is 22.4. The lowest BCUT2D eigenvalue weighted by atomic mass is 9.92. The van der Waals surface area contributed by atoms with E-state index in [1.807, 2.05) is 0 Å². The Balaban J connectivity index is 1.97. The summed E-state index contributed by atoms with van der Waals surface area (Å²) in [5.41, 5.74) is -0.474. The first-order valence-electron chi connectivity index (χ1n) is 7.32. The van der Waals surface area contributed by atoms with Gasteiger partial charge in [-0.1, -0.05) is 12.2 Å². The molecule has 0 amide bonds. The SMILES string of the molecule is C=CCOCC1(COCC=C)COC[C@H]2C[C@H]2C(=O)OC1. The predicted molar refractivity (Wildman–Crippen MR) is 77.8 cm³/mol. The summed E-state index contributed by atoms with van der Waals surface area (Å²) in [7, 11) is 0. The van der Waals surface area contributed by atoms with E-state index in [4.69, 9.17) is 18.9 Å². The van der Waals surface area contributed by atoms with E-state index in [-0.39, 0.29) is 18.5 Å². The van der Waals surface area contributed by atoms with Crippen molar-refractivity contribution >= 4 is 5.97 Å². The van der Waals surface area contributed by atoms with Crippen molar-refractivity contribution in [2.75, 3.05) is 46.2 Å². The number of rotatable bonds is 8. The van der Waals surface area contributed by atoms with Crippen molar-refractivity contribution in [3.8, 4) is 0 Å². The molecule has 1 saturated heterocycles. The van der Waals surface area contributed by atoms with Crippen LogP contribution in [0.3, 0.4) is 0 Å². The standard InChI is InChI=1S/C16H24O5/c1-3-5-18-9-16(10-19-6-4-2)11-20-8-13-7-14(13)15(17)21-12-16/h3-4,13-14H,1-2,5-12H2/t13-,14-/m1/s1. The van der Waals surface area contributed by atoms with Crippen LogP contribution < -0.4 is 0 Å². The third-order valence-electron chi connectivity index (χ3n) is 3.77. The first-order chi connectivity index (χ1) is 10.2. The summed E-state index contributed by atoms with van der Waals surface area (Å²) >= 11 is 0. The van der Waals surface area contributed by atoms with E-state index >= 15 is 0 Å². The second kappa shape index (κ2) is 7.73. The van der Waals surface area contributed by atoms with Gasteiger partial charge in [0.25, 0.3) is 0 Å². The third-order valence-corrected chi connectivity index (χ3v) is 3.77. The van der Waals surface area contributed by atoms with Crippen molar-refractivity contribution in [1.29, 1.82) is 0 Å². The fourth-order valence-electron chi connectivity index (χ4n) is 2.45. The van der Waals surface area contributed by atoms with Crippen LogP contribution in [0.5, 0.6) is 0 Å². The highest BCUT2D eigenvalue weighted by molar-refractivity contribution is 5.75. The van der Waals surface area contributed by atoms with Crippen molar-refractivity contribution in [1.82, 2.24) is 0 Å². The average Bonchev–Trinajstić information content (AvgIpc) is 3.24. The van der Waals surface area contributed by atoms with E-state index < -0.39 is 5.41 Å². The molecule has 5 heteroatoms. The summed E-state index contributed by atoms with van der Waals surface area (Å²) in [5.74, 6) is 0.211. The fourth-order valence-corrected chi connectivity index (χ4v) is 2.45. The molecular weight excluding hydrogens is 272 g/mol. The molecule has 5 nitrogen and oxygen atoms in total. The topological polar surface area (TPSA) is 54.0 Å². The molecule has 1 saturated carbocycles. The lowest BCUT2D eigenvalue weighted by Crippen LogP contribution is -2.42. The largest absolute Gasteiger partial charge is 0.465 e. The molecule has 1 aliphatic carbocycles. The molecule has 2 rings (SSSR count). The van der Waals surface area contributed by atoms with E-state index in [2.05, 4.69) is 13.2 Å². The first-order valence-corrected chi connectivity index (χ1v) is 7.32. The van der Waals surface area contributed by atoms with Gasteiger partial charge < -0.3 is 18.9 Å². The van der Waals surface area contributed by atoms with Gasteiger partial charge in [-0.15, -0.1) is 13.2 Å². The quantitative estimate of drug-likeness (QED) is 0.387. The van der Waals surface area contributed by atoms with Gasteiger partial charge in [-0.25, -0.2) is 0 Å². The van der Waals surface area contributed by atoms with E-state index in [0.717, 1.165) is 6.42 Å². The zero-order valence-corrected chi connectivity index (χ0v) is 12.4. The van der Waals surface area contributed by atoms with Crippen LogP contribution in [-0.2, 0) is 23.7 Å². The van der Waals surface area contributed by atoms with Crippen LogP contribution in [-0.4, -0.2) is 52.2 Å². The average molecular weight is 296 g/mol. The van der Waals surface area contributed by atoms with Crippen LogP contribution in [0.25, 0.3) is 0 Å². The molecule has 21 heavy (non-hydrogen) atoms. The van der Waals surface area contributed by atoms with Gasteiger partial charge in [0, 0.05) is 0 Å². The Hall–Kier alpha value is -1.17. The van der Waals surface area contributed by atoms with Crippen molar-refractivity contribution in [3.63, 3.8) is 0 Å². The predicted octanol–water partition coefficient (Wildman–Crippen LogP) is 1.59. The van der Waals surface area contributed by atoms with Crippen molar-refractivity contribution in [2.24, 2.45) is 17.3 Å². The molecule has 118 valence electrons. The van der Waals surface area contributed by atoms with E-state index in [1.165, 1.54) is 0 Å². The number of carbonyl (C=O) groups is 1. The lowest BCUT2D eigenvalue weighted by molar-refractivity contribution is -0.154. The maximum atomic E-state index is 11.9. The Labute approximate surface area is 125 Å². The summed E-state index contributed by atoms with van der Waals surface area (Å²) in [6.45, 7) is 10.3. The van der Waals surface area contributed by atoms with Gasteiger partial charge in [-0.2, -0.15) is 0 Å². The Morgan fingerprint density at radius 1 is 1.19 bits per heavy atom. The summed E-state index contributed by atoms with van der Waals surface area (Å²) in [4.78, 5) is 11.9. The van der Waals surface area contributed by atoms with Crippen LogP contribution in [0, 0.1) is 17.3 Å². The zero-order valence-electron chi connectivity index (χ0n) is 12.4. The summed E-state index contributed by atoms with van der Waals surface area (Å²) in [6, 6.07) is 0. The molecule has 2 aliphatic rings. The molecule has 0 aromatic carbocycles. The minimum Gasteiger partial charge on any atom is -0.465 e. The van der Waals surface area contributed by atoms with Gasteiger partial charge in [0.15, 0.2) is 0 Å². The number of ether oxygens (including phenoxy) is 4. The number of hydrogen-bond donors (Lipinski definition) is 0. The van der Waals surface area contributed by atoms with Crippen LogP contribution in [0.15, 0.2) is 25.3 Å². The smallest absolute Gasteiger partial charge is 0.309 e. The van der Waals surface area contributed by atoms with Gasteiger partial charge >= 0.3 is 5.97 Å². The van der Waals surface area contributed by atoms with Crippen molar-refractivity contribution in [3.05, 3.63) is 25.3 Å². The van der Waals surface area contributed by atoms with Crippen LogP contribution in [0.4, 0.5) is 0 Å². The van der Waals surface area contributed by atoms with Gasteiger partial charge in [0.2, 0.25) is 0 Å². The minimum absolute atomic E-state index is 0.0176. The highest BCUT2D eigenvalue weighted by Gasteiger charge is 2.47. The molecule has 0 aromatic rings. The number of hydrogen-bond acceptors (Lipinski definition) is 5. The Bertz CT molecular complexity index is 365. The van der Waals surface area contributed by atoms with Crippen molar-refractivity contribution in [2.45, 2.75) is 6.42 Å². The van der Waals surface area contributed by atoms with Crippen LogP contribution in [0.1, 0.15) is 6.42 Å². The third kappa shape index (κ3) is 4.66. The lowest BCUT2D eigenvalue weighted by Gasteiger charge is -2.32. The number of cyclic esters (lactones) is 1. The molecule has 1 heterocycles. The Kier molecular flexibility index (Phi) is 5.96. The monoisotopic (exact) mass is 296 g/mol. The molecule has 0 N–H and O–H groups in total. The molecule has 2 atom stereocenters. The molecule has 0 aromatic heterocycles. The molecule has 0 radical (unpaired) electrons. The minimum atomic E-state index is -0.474. The first kappa shape index (κ1) is 16.2. The normalized spacial score (nSPS) is 27.5. The number of esters is 1. The number of carbonyl (C=O) groups excluding carboxylic acids is 1. The molecule has 0 unspecified atom stereocenters. The second-order valence-electron chi connectivity index (χ2n) is 5.83. The molecule has 0 spiro atoms. The summed E-state index contributed by atoms with van der Waals surface area (Å²) in [6.07, 6.45) is 4.26. The molecular formula is C16H24O5. The maximum absolute atomic E-state index is 11.9. The van der Waals surface area contributed by atoms with Gasteiger partial charge in [-0.05, 0) is 12.3 Å². The Morgan fingerprint density at radius 3 is 2.48 bits per heavy atom. The van der Waals surface area contributed by atoms with Crippen molar-refractivity contribution < 1.29 is 23.7 Å². The van der Waals surface area contributed by atoms with E-state index in [0.29, 0.717) is 45.6 Å². The second-order valence-corrected chi connectivity index (χ2v) is 5.83. The van der Waals surface area contributed by atoms with Crippen LogP contribution >= 0.6 is 0 Å². The fraction of sp³-hybridized carbons (Fsp3) is 0.688. The zero-order chi connectivity index (χ0) is 15.1. The summed E-state index contributed by atoms with van der Waals surface area (Å²) in [5, 5.41) is 0. The molecule has 1 aliphatic heterocycles. The highest BCUT2D eigenvalue weighted by Crippen LogP contribution is 2.41. The highest BCUT2D eigenvalue weighted by atomic mass is 16.5. The van der Waals surface area contributed by atoms with Gasteiger partial charge in [0.1, 0.15) is 6.61 Å². The van der Waals surface area contributed by atoms with Gasteiger partial charge in [0.05, 0.1) is 51.0 Å². The van der Waals surface area contributed by atoms with Crippen LogP contribution in [0.2, 0.25) is 0 Å². The number of fused-ring (bicyclic) bond motifs is 1. The molecule has 0 bridgehead atoms. The Morgan fingerprint density at radius 2 is 1.86 bits per heavy atom. The van der Waals surface area contributed by atoms with E-state index in [9.17, 15) is 4.79 Å². The maximum Gasteiger partial charge on any atom is 0.309 e.